The fourth-order valence-corrected chi connectivity index (χ4v) is 12.1. The molecule has 0 saturated carbocycles. The predicted octanol–water partition coefficient (Wildman–Crippen LogP) is 14.5. The Hall–Kier alpha value is -3.39. The lowest BCUT2D eigenvalue weighted by atomic mass is 9.79. The van der Waals surface area contributed by atoms with Crippen LogP contribution in [0.1, 0.15) is 180 Å². The van der Waals surface area contributed by atoms with E-state index in [1.165, 1.54) is 83.1 Å². The standard InChI is InChI=1S/C50H60ClSi/c1-29(2)37-25-43(31(5)6)47(44(26-37)32(7)8)41-22-17-23-42(48-45(33(9)10)27-38(30(3)4)28-46(48)34(11)12)50(41)52(51)49-39-20-15-13-18-35(39)24-36-19-14-16-21-40(36)49/h13-23,25-34,49H,24H2,1-12H3. The number of rotatable bonds is 10. The summed E-state index contributed by atoms with van der Waals surface area (Å²) in [4.78, 5) is 0. The molecule has 0 amide bonds. The zero-order chi connectivity index (χ0) is 37.6. The molecule has 271 valence electrons. The molecule has 2 heteroatoms. The van der Waals surface area contributed by atoms with Gasteiger partial charge in [0.25, 0.3) is 0 Å². The quantitative estimate of drug-likeness (QED) is 0.0994. The number of fused-ring (bicyclic) bond motifs is 2. The maximum absolute atomic E-state index is 8.44. The lowest BCUT2D eigenvalue weighted by molar-refractivity contribution is 0.807. The van der Waals surface area contributed by atoms with Crippen LogP contribution in [0.3, 0.4) is 0 Å². The molecule has 0 aliphatic heterocycles. The fraction of sp³-hybridized carbons (Fsp3) is 0.400. The highest BCUT2D eigenvalue weighted by Gasteiger charge is 2.38. The van der Waals surface area contributed by atoms with E-state index < -0.39 is 8.11 Å². The molecule has 0 saturated heterocycles. The summed E-state index contributed by atoms with van der Waals surface area (Å²) in [5.74, 6) is 2.39. The van der Waals surface area contributed by atoms with Gasteiger partial charge >= 0.3 is 0 Å². The molecule has 0 aromatic heterocycles. The van der Waals surface area contributed by atoms with Crippen LogP contribution < -0.4 is 5.19 Å². The van der Waals surface area contributed by atoms with E-state index in [1.807, 2.05) is 0 Å². The van der Waals surface area contributed by atoms with Gasteiger partial charge in [-0.25, -0.2) is 0 Å². The normalized spacial score (nSPS) is 13.4. The molecule has 0 heterocycles. The fourth-order valence-electron chi connectivity index (χ4n) is 8.50. The molecule has 5 aromatic rings. The van der Waals surface area contributed by atoms with E-state index >= 15 is 0 Å². The lowest BCUT2D eigenvalue weighted by Gasteiger charge is -2.34. The van der Waals surface area contributed by atoms with Crippen LogP contribution in [0.5, 0.6) is 0 Å². The zero-order valence-electron chi connectivity index (χ0n) is 33.8. The minimum Gasteiger partial charge on any atom is -0.162 e. The summed E-state index contributed by atoms with van der Waals surface area (Å²) in [5.41, 5.74) is 19.8. The highest BCUT2D eigenvalue weighted by molar-refractivity contribution is 7.16. The van der Waals surface area contributed by atoms with Crippen LogP contribution in [0.2, 0.25) is 0 Å². The van der Waals surface area contributed by atoms with Crippen molar-refractivity contribution in [1.82, 2.24) is 0 Å². The molecule has 0 atom stereocenters. The Morgan fingerprint density at radius 2 is 0.808 bits per heavy atom. The summed E-state index contributed by atoms with van der Waals surface area (Å²) < 4.78 is 0. The highest BCUT2D eigenvalue weighted by Crippen LogP contribution is 2.46. The maximum Gasteiger partial charge on any atom is 0.213 e. The number of halogens is 1. The van der Waals surface area contributed by atoms with Gasteiger partial charge in [-0.2, -0.15) is 11.1 Å². The van der Waals surface area contributed by atoms with Crippen molar-refractivity contribution in [3.05, 3.63) is 147 Å². The van der Waals surface area contributed by atoms with Crippen LogP contribution in [-0.2, 0) is 6.42 Å². The lowest BCUT2D eigenvalue weighted by Crippen LogP contribution is -2.38. The summed E-state index contributed by atoms with van der Waals surface area (Å²) in [6, 6.07) is 35.4. The van der Waals surface area contributed by atoms with Crippen LogP contribution in [0, 0.1) is 0 Å². The molecule has 1 aliphatic carbocycles. The summed E-state index contributed by atoms with van der Waals surface area (Å²) in [6.07, 6.45) is 0.959. The van der Waals surface area contributed by atoms with Crippen molar-refractivity contribution in [2.24, 2.45) is 0 Å². The monoisotopic (exact) mass is 723 g/mol. The Kier molecular flexibility index (Phi) is 11.4. The van der Waals surface area contributed by atoms with Crippen LogP contribution >= 0.6 is 11.1 Å². The first-order chi connectivity index (χ1) is 24.7. The van der Waals surface area contributed by atoms with E-state index in [0.29, 0.717) is 35.5 Å². The smallest absolute Gasteiger partial charge is 0.162 e. The molecule has 5 aromatic carbocycles. The van der Waals surface area contributed by atoms with Crippen LogP contribution in [0.4, 0.5) is 0 Å². The molecular formula is C50H60ClSi. The summed E-state index contributed by atoms with van der Waals surface area (Å²) >= 11 is 8.44. The van der Waals surface area contributed by atoms with Gasteiger partial charge in [0.1, 0.15) is 0 Å². The number of hydrogen-bond donors (Lipinski definition) is 0. The molecule has 0 bridgehead atoms. The average molecular weight is 725 g/mol. The van der Waals surface area contributed by atoms with Gasteiger partial charge in [-0.05, 0) is 125 Å². The van der Waals surface area contributed by atoms with Crippen molar-refractivity contribution < 1.29 is 0 Å². The second-order valence-corrected chi connectivity index (χ2v) is 20.2. The van der Waals surface area contributed by atoms with E-state index in [-0.39, 0.29) is 5.54 Å². The molecule has 1 aliphatic rings. The van der Waals surface area contributed by atoms with Gasteiger partial charge < -0.3 is 0 Å². The first kappa shape index (κ1) is 38.3. The Morgan fingerprint density at radius 3 is 1.13 bits per heavy atom. The van der Waals surface area contributed by atoms with Gasteiger partial charge in [0.2, 0.25) is 8.11 Å². The van der Waals surface area contributed by atoms with Gasteiger partial charge in [-0.3, -0.25) is 0 Å². The number of benzene rings is 5. The van der Waals surface area contributed by atoms with Crippen molar-refractivity contribution in [2.75, 3.05) is 0 Å². The molecule has 1 radical (unpaired) electrons. The van der Waals surface area contributed by atoms with Gasteiger partial charge in [-0.15, -0.1) is 0 Å². The van der Waals surface area contributed by atoms with E-state index in [9.17, 15) is 0 Å². The summed E-state index contributed by atoms with van der Waals surface area (Å²) in [6.45, 7) is 28.3. The zero-order valence-corrected chi connectivity index (χ0v) is 35.5. The Labute approximate surface area is 322 Å². The molecular weight excluding hydrogens is 664 g/mol. The van der Waals surface area contributed by atoms with Crippen molar-refractivity contribution >= 4 is 24.4 Å². The third-order valence-electron chi connectivity index (χ3n) is 11.5. The second kappa shape index (κ2) is 15.5. The third-order valence-corrected chi connectivity index (χ3v) is 14.8. The largest absolute Gasteiger partial charge is 0.213 e. The first-order valence-corrected chi connectivity index (χ1v) is 22.5. The van der Waals surface area contributed by atoms with Crippen LogP contribution in [0.15, 0.2) is 91.0 Å². The maximum atomic E-state index is 8.44. The predicted molar refractivity (Wildman–Crippen MR) is 231 cm³/mol. The minimum absolute atomic E-state index is 0.118. The van der Waals surface area contributed by atoms with E-state index in [1.54, 1.807) is 0 Å². The summed E-state index contributed by atoms with van der Waals surface area (Å²) in [5, 5.41) is 1.37. The molecule has 6 rings (SSSR count). The first-order valence-electron chi connectivity index (χ1n) is 19.9. The van der Waals surface area contributed by atoms with Gasteiger partial charge in [0.15, 0.2) is 0 Å². The van der Waals surface area contributed by atoms with Crippen LogP contribution in [0.25, 0.3) is 22.3 Å². The molecule has 0 nitrogen and oxygen atoms in total. The van der Waals surface area contributed by atoms with Crippen molar-refractivity contribution in [2.45, 2.75) is 131 Å². The van der Waals surface area contributed by atoms with E-state index in [2.05, 4.69) is 174 Å². The highest BCUT2D eigenvalue weighted by atomic mass is 35.6. The van der Waals surface area contributed by atoms with Gasteiger partial charge in [0, 0.05) is 5.54 Å². The Morgan fingerprint density at radius 1 is 0.462 bits per heavy atom. The van der Waals surface area contributed by atoms with Gasteiger partial charge in [0.05, 0.1) is 0 Å². The van der Waals surface area contributed by atoms with E-state index in [0.717, 1.165) is 6.42 Å². The van der Waals surface area contributed by atoms with E-state index in [4.69, 9.17) is 11.1 Å². The molecule has 0 unspecified atom stereocenters. The summed E-state index contributed by atoms with van der Waals surface area (Å²) in [7, 11) is -1.79. The average Bonchev–Trinajstić information content (AvgIpc) is 3.11. The molecule has 0 fully saturated rings. The SMILES string of the molecule is CC(C)c1cc(C(C)C)c(-c2cccc(-c3c(C(C)C)cc(C(C)C)cc3C(C)C)c2[Si](Cl)C2c3ccccc3Cc3ccccc32)c(C(C)C)c1. The van der Waals surface area contributed by atoms with Crippen LogP contribution in [-0.4, -0.2) is 8.11 Å². The van der Waals surface area contributed by atoms with Crippen molar-refractivity contribution in [1.29, 1.82) is 0 Å². The Bertz CT molecular complexity index is 1860. The Balaban J connectivity index is 1.79. The topological polar surface area (TPSA) is 0 Å². The molecule has 0 spiro atoms. The number of hydrogen-bond acceptors (Lipinski definition) is 0. The minimum atomic E-state index is -1.79. The molecule has 52 heavy (non-hydrogen) atoms. The van der Waals surface area contributed by atoms with Crippen molar-refractivity contribution in [3.8, 4) is 22.3 Å². The van der Waals surface area contributed by atoms with Gasteiger partial charge in [-0.1, -0.05) is 174 Å². The third kappa shape index (κ3) is 7.13. The second-order valence-electron chi connectivity index (χ2n) is 17.2. The van der Waals surface area contributed by atoms with Crippen molar-refractivity contribution in [3.63, 3.8) is 0 Å². The molecule has 0 N–H and O–H groups in total.